The highest BCUT2D eigenvalue weighted by Crippen LogP contribution is 2.41. The molecule has 0 amide bonds. The predicted octanol–water partition coefficient (Wildman–Crippen LogP) is 4.76. The summed E-state index contributed by atoms with van der Waals surface area (Å²) in [7, 11) is 0. The molecule has 0 aliphatic heterocycles. The molecule has 0 atom stereocenters. The number of benzene rings is 1. The summed E-state index contributed by atoms with van der Waals surface area (Å²) < 4.78 is 0. The number of thiophene rings is 1. The molecule has 2 aromatic rings. The third-order valence-corrected chi connectivity index (χ3v) is 5.36. The Labute approximate surface area is 124 Å². The van der Waals surface area contributed by atoms with E-state index in [2.05, 4.69) is 35.7 Å². The summed E-state index contributed by atoms with van der Waals surface area (Å²) in [4.78, 5) is 14.2. The van der Waals surface area contributed by atoms with Gasteiger partial charge in [-0.25, -0.2) is 0 Å². The Morgan fingerprint density at radius 3 is 2.40 bits per heavy atom. The molecule has 1 heterocycles. The van der Waals surface area contributed by atoms with Gasteiger partial charge >= 0.3 is 0 Å². The van der Waals surface area contributed by atoms with Crippen molar-refractivity contribution in [1.29, 1.82) is 0 Å². The Morgan fingerprint density at radius 1 is 1.00 bits per heavy atom. The number of rotatable bonds is 4. The zero-order chi connectivity index (χ0) is 13.8. The molecule has 0 unspecified atom stereocenters. The van der Waals surface area contributed by atoms with Gasteiger partial charge < -0.3 is 0 Å². The van der Waals surface area contributed by atoms with Gasteiger partial charge in [-0.3, -0.25) is 4.79 Å². The van der Waals surface area contributed by atoms with E-state index in [-0.39, 0.29) is 5.41 Å². The Morgan fingerprint density at radius 2 is 1.75 bits per heavy atom. The fourth-order valence-electron chi connectivity index (χ4n) is 3.38. The van der Waals surface area contributed by atoms with Crippen LogP contribution in [0.4, 0.5) is 0 Å². The predicted molar refractivity (Wildman–Crippen MR) is 84.2 cm³/mol. The molecule has 1 aliphatic rings. The number of hydrogen-bond donors (Lipinski definition) is 0. The van der Waals surface area contributed by atoms with Crippen LogP contribution in [0.25, 0.3) is 0 Å². The van der Waals surface area contributed by atoms with Crippen molar-refractivity contribution in [2.75, 3.05) is 0 Å². The number of carbonyl (C=O) groups excluding carboxylic acids is 1. The van der Waals surface area contributed by atoms with Crippen LogP contribution >= 0.6 is 11.3 Å². The van der Waals surface area contributed by atoms with E-state index in [0.717, 1.165) is 12.8 Å². The molecule has 0 bridgehead atoms. The van der Waals surface area contributed by atoms with Crippen molar-refractivity contribution in [3.05, 3.63) is 58.3 Å². The monoisotopic (exact) mass is 284 g/mol. The first-order valence-electron chi connectivity index (χ1n) is 7.42. The van der Waals surface area contributed by atoms with Gasteiger partial charge in [0, 0.05) is 11.3 Å². The quantitative estimate of drug-likeness (QED) is 0.791. The third-order valence-electron chi connectivity index (χ3n) is 4.48. The van der Waals surface area contributed by atoms with Crippen molar-refractivity contribution in [2.45, 2.75) is 43.9 Å². The van der Waals surface area contributed by atoms with Gasteiger partial charge in [-0.05, 0) is 29.9 Å². The largest absolute Gasteiger partial charge is 0.298 e. The lowest BCUT2D eigenvalue weighted by atomic mass is 9.66. The number of hydrogen-bond acceptors (Lipinski definition) is 2. The lowest BCUT2D eigenvalue weighted by Gasteiger charge is -2.36. The third kappa shape index (κ3) is 2.57. The molecule has 104 valence electrons. The van der Waals surface area contributed by atoms with E-state index in [0.29, 0.717) is 12.2 Å². The number of ketones is 1. The molecule has 1 aromatic carbocycles. The van der Waals surface area contributed by atoms with Crippen LogP contribution in [0, 0.1) is 0 Å². The first kappa shape index (κ1) is 13.6. The smallest absolute Gasteiger partial charge is 0.148 e. The lowest BCUT2D eigenvalue weighted by Crippen LogP contribution is -2.39. The molecule has 0 spiro atoms. The van der Waals surface area contributed by atoms with E-state index in [1.165, 1.54) is 29.7 Å². The van der Waals surface area contributed by atoms with Crippen LogP contribution < -0.4 is 0 Å². The van der Waals surface area contributed by atoms with Gasteiger partial charge in [0.1, 0.15) is 5.78 Å². The molecule has 1 aromatic heterocycles. The van der Waals surface area contributed by atoms with Crippen LogP contribution in [0.5, 0.6) is 0 Å². The number of Topliss-reactive ketones (excluding diaryl/α,β-unsaturated/α-hetero) is 1. The van der Waals surface area contributed by atoms with E-state index in [4.69, 9.17) is 0 Å². The van der Waals surface area contributed by atoms with Crippen molar-refractivity contribution in [3.63, 3.8) is 0 Å². The minimum Gasteiger partial charge on any atom is -0.298 e. The van der Waals surface area contributed by atoms with Crippen molar-refractivity contribution in [2.24, 2.45) is 0 Å². The van der Waals surface area contributed by atoms with Crippen LogP contribution in [-0.2, 0) is 16.6 Å². The first-order valence-corrected chi connectivity index (χ1v) is 8.30. The van der Waals surface area contributed by atoms with E-state index in [9.17, 15) is 4.79 Å². The summed E-state index contributed by atoms with van der Waals surface area (Å²) >= 11 is 1.69. The minimum atomic E-state index is -0.233. The average molecular weight is 284 g/mol. The van der Waals surface area contributed by atoms with E-state index in [1.54, 1.807) is 11.3 Å². The van der Waals surface area contributed by atoms with Gasteiger partial charge in [0.05, 0.1) is 5.41 Å². The van der Waals surface area contributed by atoms with Crippen LogP contribution in [0.15, 0.2) is 47.8 Å². The maximum Gasteiger partial charge on any atom is 0.148 e. The van der Waals surface area contributed by atoms with Crippen LogP contribution in [0.3, 0.4) is 0 Å². The molecule has 0 radical (unpaired) electrons. The molecule has 1 saturated carbocycles. The topological polar surface area (TPSA) is 17.1 Å². The van der Waals surface area contributed by atoms with Gasteiger partial charge in [0.25, 0.3) is 0 Å². The van der Waals surface area contributed by atoms with Crippen molar-refractivity contribution >= 4 is 17.1 Å². The Bertz CT molecular complexity index is 550. The standard InChI is InChI=1S/C18H20OS/c19-17(14-16-10-7-13-20-16)18(11-5-2-6-12-18)15-8-3-1-4-9-15/h1,3-4,7-10,13H,2,5-6,11-12,14H2. The summed E-state index contributed by atoms with van der Waals surface area (Å²) in [5.41, 5.74) is 0.991. The van der Waals surface area contributed by atoms with E-state index >= 15 is 0 Å². The fourth-order valence-corrected chi connectivity index (χ4v) is 4.09. The maximum absolute atomic E-state index is 13.0. The van der Waals surface area contributed by atoms with Crippen LogP contribution in [0.1, 0.15) is 42.5 Å². The van der Waals surface area contributed by atoms with E-state index < -0.39 is 0 Å². The summed E-state index contributed by atoms with van der Waals surface area (Å²) in [6.45, 7) is 0. The zero-order valence-corrected chi connectivity index (χ0v) is 12.5. The Hall–Kier alpha value is -1.41. The van der Waals surface area contributed by atoms with Gasteiger partial charge in [-0.1, -0.05) is 55.7 Å². The SMILES string of the molecule is O=C(Cc1cccs1)C1(c2ccccc2)CCCCC1. The molecule has 0 N–H and O–H groups in total. The Kier molecular flexibility index (Phi) is 4.02. The number of carbonyl (C=O) groups is 1. The van der Waals surface area contributed by atoms with Gasteiger partial charge in [0.15, 0.2) is 0 Å². The summed E-state index contributed by atoms with van der Waals surface area (Å²) in [6.07, 6.45) is 6.23. The van der Waals surface area contributed by atoms with Gasteiger partial charge in [-0.2, -0.15) is 0 Å². The highest BCUT2D eigenvalue weighted by molar-refractivity contribution is 7.10. The Balaban J connectivity index is 1.91. The second-order valence-electron chi connectivity index (χ2n) is 5.69. The van der Waals surface area contributed by atoms with Crippen molar-refractivity contribution < 1.29 is 4.79 Å². The molecule has 1 aliphatic carbocycles. The molecule has 1 fully saturated rings. The molecular weight excluding hydrogens is 264 g/mol. The molecular formula is C18H20OS. The molecule has 0 saturated heterocycles. The van der Waals surface area contributed by atoms with Crippen LogP contribution in [-0.4, -0.2) is 5.78 Å². The summed E-state index contributed by atoms with van der Waals surface area (Å²) in [5.74, 6) is 0.408. The van der Waals surface area contributed by atoms with Crippen molar-refractivity contribution in [1.82, 2.24) is 0 Å². The summed E-state index contributed by atoms with van der Waals surface area (Å²) in [6, 6.07) is 14.5. The van der Waals surface area contributed by atoms with E-state index in [1.807, 2.05) is 12.1 Å². The second kappa shape index (κ2) is 5.92. The fraction of sp³-hybridized carbons (Fsp3) is 0.389. The lowest BCUT2D eigenvalue weighted by molar-refractivity contribution is -0.125. The highest BCUT2D eigenvalue weighted by Gasteiger charge is 2.40. The minimum absolute atomic E-state index is 0.233. The zero-order valence-electron chi connectivity index (χ0n) is 11.7. The van der Waals surface area contributed by atoms with Crippen LogP contribution in [0.2, 0.25) is 0 Å². The van der Waals surface area contributed by atoms with Gasteiger partial charge in [0.2, 0.25) is 0 Å². The normalized spacial score (nSPS) is 17.8. The molecule has 1 nitrogen and oxygen atoms in total. The molecule has 20 heavy (non-hydrogen) atoms. The maximum atomic E-state index is 13.0. The molecule has 2 heteroatoms. The average Bonchev–Trinajstić information content (AvgIpc) is 3.02. The molecule has 3 rings (SSSR count). The summed E-state index contributed by atoms with van der Waals surface area (Å²) in [5, 5.41) is 2.05. The van der Waals surface area contributed by atoms with Gasteiger partial charge in [-0.15, -0.1) is 11.3 Å². The highest BCUT2D eigenvalue weighted by atomic mass is 32.1. The van der Waals surface area contributed by atoms with Crippen molar-refractivity contribution in [3.8, 4) is 0 Å². The first-order chi connectivity index (χ1) is 9.81. The second-order valence-corrected chi connectivity index (χ2v) is 6.72.